The van der Waals surface area contributed by atoms with Gasteiger partial charge in [0.15, 0.2) is 0 Å². The molecule has 0 aliphatic carbocycles. The van der Waals surface area contributed by atoms with Gasteiger partial charge in [-0.05, 0) is 39.8 Å². The number of rotatable bonds is 4. The molecular formula is C13H18N2O. The highest BCUT2D eigenvalue weighted by Gasteiger charge is 2.17. The van der Waals surface area contributed by atoms with Gasteiger partial charge in [0, 0.05) is 0 Å². The monoisotopic (exact) mass is 218 g/mol. The van der Waals surface area contributed by atoms with Gasteiger partial charge in [-0.25, -0.2) is 0 Å². The zero-order chi connectivity index (χ0) is 12.2. The van der Waals surface area contributed by atoms with E-state index in [4.69, 9.17) is 10.00 Å². The molecule has 1 N–H and O–H groups in total. The van der Waals surface area contributed by atoms with E-state index in [1.165, 1.54) is 0 Å². The van der Waals surface area contributed by atoms with Crippen LogP contribution in [-0.2, 0) is 0 Å². The highest BCUT2D eigenvalue weighted by atomic mass is 16.5. The average molecular weight is 218 g/mol. The first-order valence-corrected chi connectivity index (χ1v) is 5.40. The predicted molar refractivity (Wildman–Crippen MR) is 65.5 cm³/mol. The molecule has 0 amide bonds. The Kier molecular flexibility index (Phi) is 3.78. The number of anilines is 1. The quantitative estimate of drug-likeness (QED) is 0.844. The number of hydrogen-bond donors (Lipinski definition) is 1. The number of nitriles is 1. The number of benzene rings is 1. The highest BCUT2D eigenvalue weighted by molar-refractivity contribution is 5.58. The van der Waals surface area contributed by atoms with E-state index < -0.39 is 5.54 Å². The molecular weight excluding hydrogens is 200 g/mol. The zero-order valence-electron chi connectivity index (χ0n) is 10.2. The van der Waals surface area contributed by atoms with Crippen molar-refractivity contribution >= 4 is 5.69 Å². The van der Waals surface area contributed by atoms with Crippen LogP contribution in [0.5, 0.6) is 5.75 Å². The van der Waals surface area contributed by atoms with Crippen LogP contribution in [0.3, 0.4) is 0 Å². The fourth-order valence-corrected chi connectivity index (χ4v) is 1.29. The lowest BCUT2D eigenvalue weighted by molar-refractivity contribution is 0.243. The summed E-state index contributed by atoms with van der Waals surface area (Å²) in [4.78, 5) is 0. The Morgan fingerprint density at radius 3 is 2.50 bits per heavy atom. The number of nitrogens with one attached hydrogen (secondary N) is 1. The van der Waals surface area contributed by atoms with Gasteiger partial charge in [-0.1, -0.05) is 12.1 Å². The van der Waals surface area contributed by atoms with Crippen LogP contribution < -0.4 is 10.1 Å². The number of ether oxygens (including phenoxy) is 1. The van der Waals surface area contributed by atoms with Crippen molar-refractivity contribution in [3.63, 3.8) is 0 Å². The molecule has 0 heterocycles. The summed E-state index contributed by atoms with van der Waals surface area (Å²) in [5.41, 5.74) is 0.249. The first kappa shape index (κ1) is 12.4. The van der Waals surface area contributed by atoms with E-state index in [1.54, 1.807) is 0 Å². The van der Waals surface area contributed by atoms with Crippen LogP contribution in [0.25, 0.3) is 0 Å². The first-order chi connectivity index (χ1) is 7.44. The highest BCUT2D eigenvalue weighted by Crippen LogP contribution is 2.27. The molecule has 0 bridgehead atoms. The van der Waals surface area contributed by atoms with Crippen LogP contribution in [0.1, 0.15) is 27.7 Å². The van der Waals surface area contributed by atoms with E-state index in [0.29, 0.717) is 0 Å². The standard InChI is InChI=1S/C13H18N2O/c1-10(2)16-12-8-6-5-7-11(12)15-13(3,4)9-14/h5-8,10,15H,1-4H3. The molecule has 0 unspecified atom stereocenters. The minimum absolute atomic E-state index is 0.119. The number of para-hydroxylation sites is 2. The Labute approximate surface area is 97.0 Å². The maximum Gasteiger partial charge on any atom is 0.142 e. The van der Waals surface area contributed by atoms with Crippen molar-refractivity contribution in [3.05, 3.63) is 24.3 Å². The molecule has 0 aromatic heterocycles. The second-order valence-corrected chi connectivity index (χ2v) is 4.52. The van der Waals surface area contributed by atoms with Crippen molar-refractivity contribution in [2.24, 2.45) is 0 Å². The molecule has 1 rings (SSSR count). The molecule has 0 aliphatic heterocycles. The Balaban J connectivity index is 2.92. The minimum Gasteiger partial charge on any atom is -0.489 e. The first-order valence-electron chi connectivity index (χ1n) is 5.40. The van der Waals surface area contributed by atoms with E-state index in [0.717, 1.165) is 11.4 Å². The van der Waals surface area contributed by atoms with Gasteiger partial charge in [-0.3, -0.25) is 0 Å². The molecule has 0 spiro atoms. The predicted octanol–water partition coefficient (Wildman–Crippen LogP) is 3.19. The fourth-order valence-electron chi connectivity index (χ4n) is 1.29. The molecule has 0 radical (unpaired) electrons. The summed E-state index contributed by atoms with van der Waals surface area (Å²) in [5, 5.41) is 12.1. The Bertz CT molecular complexity index is 391. The smallest absolute Gasteiger partial charge is 0.142 e. The van der Waals surface area contributed by atoms with E-state index in [-0.39, 0.29) is 6.10 Å². The maximum absolute atomic E-state index is 8.97. The van der Waals surface area contributed by atoms with Gasteiger partial charge >= 0.3 is 0 Å². The Morgan fingerprint density at radius 2 is 1.94 bits per heavy atom. The van der Waals surface area contributed by atoms with Crippen molar-refractivity contribution < 1.29 is 4.74 Å². The fraction of sp³-hybridized carbons (Fsp3) is 0.462. The summed E-state index contributed by atoms with van der Waals surface area (Å²) in [7, 11) is 0. The lowest BCUT2D eigenvalue weighted by Gasteiger charge is -2.22. The van der Waals surface area contributed by atoms with Gasteiger partial charge in [-0.15, -0.1) is 0 Å². The van der Waals surface area contributed by atoms with E-state index >= 15 is 0 Å². The molecule has 1 aromatic carbocycles. The van der Waals surface area contributed by atoms with Gasteiger partial charge in [0.1, 0.15) is 11.3 Å². The molecule has 0 saturated heterocycles. The van der Waals surface area contributed by atoms with Crippen LogP contribution >= 0.6 is 0 Å². The SMILES string of the molecule is CC(C)Oc1ccccc1NC(C)(C)C#N. The summed E-state index contributed by atoms with van der Waals surface area (Å²) in [6.45, 7) is 7.62. The van der Waals surface area contributed by atoms with Crippen molar-refractivity contribution in [2.45, 2.75) is 39.3 Å². The summed E-state index contributed by atoms with van der Waals surface area (Å²) in [6.07, 6.45) is 0.119. The van der Waals surface area contributed by atoms with Crippen molar-refractivity contribution in [1.82, 2.24) is 0 Å². The van der Waals surface area contributed by atoms with Gasteiger partial charge in [0.05, 0.1) is 17.9 Å². The molecule has 86 valence electrons. The van der Waals surface area contributed by atoms with E-state index in [2.05, 4.69) is 11.4 Å². The zero-order valence-corrected chi connectivity index (χ0v) is 10.2. The topological polar surface area (TPSA) is 45.0 Å². The van der Waals surface area contributed by atoms with Crippen LogP contribution in [-0.4, -0.2) is 11.6 Å². The lowest BCUT2D eigenvalue weighted by Crippen LogP contribution is -2.28. The van der Waals surface area contributed by atoms with Crippen molar-refractivity contribution in [2.75, 3.05) is 5.32 Å². The molecule has 3 heteroatoms. The molecule has 1 aromatic rings. The van der Waals surface area contributed by atoms with Crippen LogP contribution in [0.15, 0.2) is 24.3 Å². The summed E-state index contributed by atoms with van der Waals surface area (Å²) in [6, 6.07) is 9.85. The molecule has 0 fully saturated rings. The van der Waals surface area contributed by atoms with Gasteiger partial charge in [0.2, 0.25) is 0 Å². The van der Waals surface area contributed by atoms with Gasteiger partial charge in [0.25, 0.3) is 0 Å². The van der Waals surface area contributed by atoms with Crippen molar-refractivity contribution in [3.8, 4) is 11.8 Å². The number of nitrogens with zero attached hydrogens (tertiary/aromatic N) is 1. The molecule has 3 nitrogen and oxygen atoms in total. The third-order valence-electron chi connectivity index (χ3n) is 1.98. The Morgan fingerprint density at radius 1 is 1.31 bits per heavy atom. The largest absolute Gasteiger partial charge is 0.489 e. The van der Waals surface area contributed by atoms with Crippen LogP contribution in [0.4, 0.5) is 5.69 Å². The second-order valence-electron chi connectivity index (χ2n) is 4.52. The van der Waals surface area contributed by atoms with Crippen LogP contribution in [0, 0.1) is 11.3 Å². The molecule has 0 aliphatic rings. The van der Waals surface area contributed by atoms with Crippen LogP contribution in [0.2, 0.25) is 0 Å². The van der Waals surface area contributed by atoms with Gasteiger partial charge < -0.3 is 10.1 Å². The average Bonchev–Trinajstić information content (AvgIpc) is 2.20. The number of hydrogen-bond acceptors (Lipinski definition) is 3. The minimum atomic E-state index is -0.601. The van der Waals surface area contributed by atoms with E-state index in [9.17, 15) is 0 Å². The van der Waals surface area contributed by atoms with Crippen molar-refractivity contribution in [1.29, 1.82) is 5.26 Å². The molecule has 16 heavy (non-hydrogen) atoms. The molecule has 0 saturated carbocycles. The van der Waals surface area contributed by atoms with E-state index in [1.807, 2.05) is 52.0 Å². The third kappa shape index (κ3) is 3.47. The second kappa shape index (κ2) is 4.89. The molecule has 0 atom stereocenters. The normalized spacial score (nSPS) is 11.0. The van der Waals surface area contributed by atoms with Gasteiger partial charge in [-0.2, -0.15) is 5.26 Å². The Hall–Kier alpha value is -1.69. The summed E-state index contributed by atoms with van der Waals surface area (Å²) < 4.78 is 5.66. The maximum atomic E-state index is 8.97. The third-order valence-corrected chi connectivity index (χ3v) is 1.98. The lowest BCUT2D eigenvalue weighted by atomic mass is 10.1. The summed E-state index contributed by atoms with van der Waals surface area (Å²) >= 11 is 0. The summed E-state index contributed by atoms with van der Waals surface area (Å²) in [5.74, 6) is 0.779.